The van der Waals surface area contributed by atoms with Crippen LogP contribution in [0.25, 0.3) is 0 Å². The Balaban J connectivity index is 1.83. The van der Waals surface area contributed by atoms with Crippen molar-refractivity contribution in [2.75, 3.05) is 19.0 Å². The van der Waals surface area contributed by atoms with E-state index in [-0.39, 0.29) is 12.5 Å². The SMILES string of the molecule is COc1cccc(/C=N\NC(=O)CNc2ccc(Br)cc2Br)c1. The van der Waals surface area contributed by atoms with Gasteiger partial charge in [-0.3, -0.25) is 4.79 Å². The Hall–Kier alpha value is -1.86. The molecule has 0 bridgehead atoms. The largest absolute Gasteiger partial charge is 0.497 e. The van der Waals surface area contributed by atoms with Gasteiger partial charge in [-0.15, -0.1) is 0 Å². The number of amides is 1. The minimum atomic E-state index is -0.237. The Kier molecular flexibility index (Phi) is 6.61. The highest BCUT2D eigenvalue weighted by molar-refractivity contribution is 9.11. The third kappa shape index (κ3) is 5.69. The Morgan fingerprint density at radius 2 is 2.09 bits per heavy atom. The Labute approximate surface area is 151 Å². The Bertz CT molecular complexity index is 720. The van der Waals surface area contributed by atoms with Gasteiger partial charge in [0.1, 0.15) is 5.75 Å². The van der Waals surface area contributed by atoms with E-state index in [0.717, 1.165) is 25.9 Å². The van der Waals surface area contributed by atoms with E-state index in [4.69, 9.17) is 4.74 Å². The van der Waals surface area contributed by atoms with Crippen molar-refractivity contribution < 1.29 is 9.53 Å². The summed E-state index contributed by atoms with van der Waals surface area (Å²) in [7, 11) is 1.60. The number of hydrogen-bond acceptors (Lipinski definition) is 4. The minimum absolute atomic E-state index is 0.121. The van der Waals surface area contributed by atoms with Gasteiger partial charge in [0.25, 0.3) is 5.91 Å². The van der Waals surface area contributed by atoms with Crippen LogP contribution in [0, 0.1) is 0 Å². The summed E-state index contributed by atoms with van der Waals surface area (Å²) in [4.78, 5) is 11.8. The number of hydrogen-bond donors (Lipinski definition) is 2. The maximum absolute atomic E-state index is 11.8. The highest BCUT2D eigenvalue weighted by Gasteiger charge is 2.03. The molecule has 2 rings (SSSR count). The molecular formula is C16H15Br2N3O2. The molecule has 7 heteroatoms. The van der Waals surface area contributed by atoms with Crippen LogP contribution < -0.4 is 15.5 Å². The van der Waals surface area contributed by atoms with Crippen molar-refractivity contribution in [1.29, 1.82) is 0 Å². The number of nitrogens with one attached hydrogen (secondary N) is 2. The van der Waals surface area contributed by atoms with Crippen LogP contribution in [0.3, 0.4) is 0 Å². The van der Waals surface area contributed by atoms with Gasteiger partial charge in [-0.25, -0.2) is 5.43 Å². The summed E-state index contributed by atoms with van der Waals surface area (Å²) in [5, 5.41) is 6.96. The molecule has 2 aromatic rings. The Morgan fingerprint density at radius 1 is 1.26 bits per heavy atom. The maximum Gasteiger partial charge on any atom is 0.259 e. The number of nitrogens with zero attached hydrogens (tertiary/aromatic N) is 1. The molecule has 2 N–H and O–H groups in total. The van der Waals surface area contributed by atoms with Crippen molar-refractivity contribution >= 4 is 49.7 Å². The van der Waals surface area contributed by atoms with E-state index < -0.39 is 0 Å². The number of ether oxygens (including phenoxy) is 1. The van der Waals surface area contributed by atoms with Crippen LogP contribution in [-0.2, 0) is 4.79 Å². The topological polar surface area (TPSA) is 62.7 Å². The maximum atomic E-state index is 11.8. The standard InChI is InChI=1S/C16H15Br2N3O2/c1-23-13-4-2-3-11(7-13)9-20-21-16(22)10-19-15-6-5-12(17)8-14(15)18/h2-9,19H,10H2,1H3,(H,21,22)/b20-9-. The molecule has 1 amide bonds. The first-order valence-electron chi connectivity index (χ1n) is 6.73. The summed E-state index contributed by atoms with van der Waals surface area (Å²) in [6.45, 7) is 0.121. The van der Waals surface area contributed by atoms with Crippen LogP contribution in [0.15, 0.2) is 56.5 Å². The average Bonchev–Trinajstić information content (AvgIpc) is 2.54. The van der Waals surface area contributed by atoms with Gasteiger partial charge < -0.3 is 10.1 Å². The summed E-state index contributed by atoms with van der Waals surface area (Å²) in [6.07, 6.45) is 1.57. The number of hydrazone groups is 1. The van der Waals surface area contributed by atoms with Crippen LogP contribution in [0.2, 0.25) is 0 Å². The first-order valence-corrected chi connectivity index (χ1v) is 8.32. The van der Waals surface area contributed by atoms with Crippen molar-refractivity contribution in [2.45, 2.75) is 0 Å². The molecule has 0 aromatic heterocycles. The summed E-state index contributed by atoms with van der Waals surface area (Å²) < 4.78 is 6.96. The third-order valence-corrected chi connectivity index (χ3v) is 4.02. The molecule has 0 fully saturated rings. The molecule has 5 nitrogen and oxygen atoms in total. The molecule has 0 aliphatic carbocycles. The van der Waals surface area contributed by atoms with Crippen molar-refractivity contribution in [2.24, 2.45) is 5.10 Å². The average molecular weight is 441 g/mol. The predicted octanol–water partition coefficient (Wildman–Crippen LogP) is 3.78. The lowest BCUT2D eigenvalue weighted by Gasteiger charge is -2.07. The van der Waals surface area contributed by atoms with Crippen molar-refractivity contribution in [3.8, 4) is 5.75 Å². The zero-order valence-corrected chi connectivity index (χ0v) is 15.5. The number of methoxy groups -OCH3 is 1. The summed E-state index contributed by atoms with van der Waals surface area (Å²) in [5.41, 5.74) is 4.15. The molecule has 0 unspecified atom stereocenters. The van der Waals surface area contributed by atoms with E-state index in [9.17, 15) is 4.79 Å². The molecule has 0 aliphatic heterocycles. The van der Waals surface area contributed by atoms with Crippen LogP contribution >= 0.6 is 31.9 Å². The first kappa shape index (κ1) is 17.5. The van der Waals surface area contributed by atoms with Gasteiger partial charge in [-0.05, 0) is 51.8 Å². The van der Waals surface area contributed by atoms with Crippen LogP contribution in [-0.4, -0.2) is 25.8 Å². The summed E-state index contributed by atoms with van der Waals surface area (Å²) in [5.74, 6) is 0.501. The van der Waals surface area contributed by atoms with Gasteiger partial charge >= 0.3 is 0 Å². The van der Waals surface area contributed by atoms with E-state index in [1.165, 1.54) is 0 Å². The molecule has 0 heterocycles. The summed E-state index contributed by atoms with van der Waals surface area (Å²) in [6, 6.07) is 13.1. The molecule has 0 aliphatic rings. The van der Waals surface area contributed by atoms with Crippen LogP contribution in [0.5, 0.6) is 5.75 Å². The normalized spacial score (nSPS) is 10.6. The van der Waals surface area contributed by atoms with E-state index in [2.05, 4.69) is 47.7 Å². The predicted molar refractivity (Wildman–Crippen MR) is 99.1 cm³/mol. The monoisotopic (exact) mass is 439 g/mol. The van der Waals surface area contributed by atoms with Gasteiger partial charge in [-0.2, -0.15) is 5.10 Å². The minimum Gasteiger partial charge on any atom is -0.497 e. The molecular weight excluding hydrogens is 426 g/mol. The van der Waals surface area contributed by atoms with Crippen LogP contribution in [0.1, 0.15) is 5.56 Å². The molecule has 0 saturated heterocycles. The molecule has 2 aromatic carbocycles. The highest BCUT2D eigenvalue weighted by atomic mass is 79.9. The number of carbonyl (C=O) groups is 1. The van der Waals surface area contributed by atoms with Crippen LogP contribution in [0.4, 0.5) is 5.69 Å². The molecule has 120 valence electrons. The molecule has 0 spiro atoms. The third-order valence-electron chi connectivity index (χ3n) is 2.87. The number of anilines is 1. The zero-order chi connectivity index (χ0) is 16.7. The van der Waals surface area contributed by atoms with Gasteiger partial charge in [-0.1, -0.05) is 28.1 Å². The lowest BCUT2D eigenvalue weighted by molar-refractivity contribution is -0.119. The van der Waals surface area contributed by atoms with E-state index in [0.29, 0.717) is 0 Å². The van der Waals surface area contributed by atoms with Gasteiger partial charge in [0.15, 0.2) is 0 Å². The fourth-order valence-electron chi connectivity index (χ4n) is 1.75. The second-order valence-corrected chi connectivity index (χ2v) is 6.32. The zero-order valence-electron chi connectivity index (χ0n) is 12.3. The molecule has 0 saturated carbocycles. The second-order valence-electron chi connectivity index (χ2n) is 4.55. The second kappa shape index (κ2) is 8.69. The van der Waals surface area contributed by atoms with E-state index in [1.807, 2.05) is 42.5 Å². The fourth-order valence-corrected chi connectivity index (χ4v) is 2.94. The Morgan fingerprint density at radius 3 is 2.83 bits per heavy atom. The van der Waals surface area contributed by atoms with Gasteiger partial charge in [0, 0.05) is 14.6 Å². The number of halogens is 2. The quantitative estimate of drug-likeness (QED) is 0.530. The lowest BCUT2D eigenvalue weighted by Crippen LogP contribution is -2.26. The highest BCUT2D eigenvalue weighted by Crippen LogP contribution is 2.25. The van der Waals surface area contributed by atoms with E-state index >= 15 is 0 Å². The van der Waals surface area contributed by atoms with E-state index in [1.54, 1.807) is 13.3 Å². The molecule has 0 radical (unpaired) electrons. The smallest absolute Gasteiger partial charge is 0.259 e. The number of carbonyl (C=O) groups excluding carboxylic acids is 1. The summed E-state index contributed by atoms with van der Waals surface area (Å²) >= 11 is 6.81. The van der Waals surface area contributed by atoms with Gasteiger partial charge in [0.05, 0.1) is 19.9 Å². The van der Waals surface area contributed by atoms with Crippen molar-refractivity contribution in [1.82, 2.24) is 5.43 Å². The first-order chi connectivity index (χ1) is 11.1. The lowest BCUT2D eigenvalue weighted by atomic mass is 10.2. The van der Waals surface area contributed by atoms with Crippen molar-refractivity contribution in [3.63, 3.8) is 0 Å². The fraction of sp³-hybridized carbons (Fsp3) is 0.125. The van der Waals surface area contributed by atoms with Crippen molar-refractivity contribution in [3.05, 3.63) is 57.0 Å². The molecule has 23 heavy (non-hydrogen) atoms. The van der Waals surface area contributed by atoms with Gasteiger partial charge in [0.2, 0.25) is 0 Å². The number of rotatable bonds is 6. The number of benzene rings is 2. The molecule has 0 atom stereocenters.